The fraction of sp³-hybridized carbons (Fsp3) is 0.125. The molecule has 0 atom stereocenters. The molecule has 14 heavy (non-hydrogen) atoms. The third kappa shape index (κ3) is 1.69. The Morgan fingerprint density at radius 2 is 2.21 bits per heavy atom. The highest BCUT2D eigenvalue weighted by Gasteiger charge is 2.04. The lowest BCUT2D eigenvalue weighted by molar-refractivity contribution is 0.437. The van der Waals surface area contributed by atoms with Crippen LogP contribution in [0.2, 0.25) is 0 Å². The summed E-state index contributed by atoms with van der Waals surface area (Å²) in [5.74, 6) is 0.649. The van der Waals surface area contributed by atoms with Crippen LogP contribution in [-0.2, 0) is 6.54 Å². The van der Waals surface area contributed by atoms with Gasteiger partial charge in [-0.15, -0.1) is 0 Å². The van der Waals surface area contributed by atoms with Crippen molar-refractivity contribution in [2.75, 3.05) is 0 Å². The summed E-state index contributed by atoms with van der Waals surface area (Å²) >= 11 is 0. The first-order valence-electron chi connectivity index (χ1n) is 4.09. The number of hydrogen-bond acceptors (Lipinski definition) is 5. The smallest absolute Gasteiger partial charge is 0.361 e. The van der Waals surface area contributed by atoms with E-state index in [9.17, 15) is 0 Å². The van der Waals surface area contributed by atoms with Crippen LogP contribution in [0.25, 0.3) is 0 Å². The predicted molar refractivity (Wildman–Crippen MR) is 48.6 cm³/mol. The maximum absolute atomic E-state index is 5.54. The van der Waals surface area contributed by atoms with E-state index in [1.807, 2.05) is 18.2 Å². The van der Waals surface area contributed by atoms with Gasteiger partial charge >= 0.3 is 6.01 Å². The van der Waals surface area contributed by atoms with Crippen molar-refractivity contribution in [3.8, 4) is 11.8 Å². The van der Waals surface area contributed by atoms with Gasteiger partial charge < -0.3 is 10.5 Å². The largest absolute Gasteiger partial charge is 0.422 e. The Labute approximate surface area is 80.1 Å². The molecule has 0 aliphatic heterocycles. The van der Waals surface area contributed by atoms with Crippen molar-refractivity contribution in [1.82, 2.24) is 20.6 Å². The highest BCUT2D eigenvalue weighted by atomic mass is 16.5. The number of nitrogens with zero attached hydrogens (tertiary/aromatic N) is 3. The molecular formula is C8H9N5O. The summed E-state index contributed by atoms with van der Waals surface area (Å²) in [6, 6.07) is 7.62. The van der Waals surface area contributed by atoms with E-state index in [0.29, 0.717) is 12.3 Å². The molecule has 0 fully saturated rings. The Hall–Kier alpha value is -1.95. The first-order chi connectivity index (χ1) is 6.90. The maximum Gasteiger partial charge on any atom is 0.361 e. The molecule has 0 saturated heterocycles. The van der Waals surface area contributed by atoms with Crippen LogP contribution in [0.15, 0.2) is 24.3 Å². The van der Waals surface area contributed by atoms with E-state index in [4.69, 9.17) is 10.5 Å². The van der Waals surface area contributed by atoms with Gasteiger partial charge in [-0.05, 0) is 11.3 Å². The molecular weight excluding hydrogens is 182 g/mol. The van der Waals surface area contributed by atoms with Crippen molar-refractivity contribution >= 4 is 0 Å². The van der Waals surface area contributed by atoms with Crippen LogP contribution in [0.5, 0.6) is 11.8 Å². The Balaban J connectivity index is 2.24. The zero-order valence-corrected chi connectivity index (χ0v) is 7.34. The zero-order valence-electron chi connectivity index (χ0n) is 7.34. The Bertz CT molecular complexity index is 400. The van der Waals surface area contributed by atoms with Gasteiger partial charge in [0.1, 0.15) is 5.75 Å². The first kappa shape index (κ1) is 8.64. The summed E-state index contributed by atoms with van der Waals surface area (Å²) in [6.07, 6.45) is 0. The number of hydrogen-bond donors (Lipinski definition) is 2. The van der Waals surface area contributed by atoms with E-state index in [2.05, 4.69) is 20.6 Å². The fourth-order valence-corrected chi connectivity index (χ4v) is 1.07. The number of para-hydroxylation sites is 1. The van der Waals surface area contributed by atoms with Crippen molar-refractivity contribution in [3.05, 3.63) is 29.8 Å². The summed E-state index contributed by atoms with van der Waals surface area (Å²) in [5, 5.41) is 13.0. The van der Waals surface area contributed by atoms with E-state index in [1.165, 1.54) is 0 Å². The molecule has 6 heteroatoms. The molecule has 2 aromatic rings. The number of ether oxygens (including phenoxy) is 1. The number of H-pyrrole nitrogens is 1. The molecule has 3 N–H and O–H groups in total. The van der Waals surface area contributed by atoms with Crippen molar-refractivity contribution < 1.29 is 4.74 Å². The average molecular weight is 191 g/mol. The molecule has 0 unspecified atom stereocenters. The van der Waals surface area contributed by atoms with Crippen molar-refractivity contribution in [3.63, 3.8) is 0 Å². The maximum atomic E-state index is 5.54. The molecule has 1 heterocycles. The topological polar surface area (TPSA) is 89.7 Å². The second-order valence-electron chi connectivity index (χ2n) is 2.61. The monoisotopic (exact) mass is 191 g/mol. The van der Waals surface area contributed by atoms with Crippen molar-refractivity contribution in [2.45, 2.75) is 6.54 Å². The molecule has 0 bridgehead atoms. The molecule has 1 aromatic heterocycles. The lowest BCUT2D eigenvalue weighted by atomic mass is 10.2. The van der Waals surface area contributed by atoms with Crippen LogP contribution < -0.4 is 10.5 Å². The third-order valence-corrected chi connectivity index (χ3v) is 1.72. The van der Waals surface area contributed by atoms with Gasteiger partial charge in [0.2, 0.25) is 0 Å². The number of tetrazole rings is 1. The van der Waals surface area contributed by atoms with Crippen LogP contribution in [0, 0.1) is 0 Å². The Morgan fingerprint density at radius 1 is 1.36 bits per heavy atom. The number of aromatic nitrogens is 4. The molecule has 0 spiro atoms. The first-order valence-corrected chi connectivity index (χ1v) is 4.09. The van der Waals surface area contributed by atoms with E-state index in [1.54, 1.807) is 6.07 Å². The average Bonchev–Trinajstić information content (AvgIpc) is 2.71. The summed E-state index contributed by atoms with van der Waals surface area (Å²) in [4.78, 5) is 0. The highest BCUT2D eigenvalue weighted by Crippen LogP contribution is 2.21. The molecule has 6 nitrogen and oxygen atoms in total. The number of nitrogens with one attached hydrogen (secondary N) is 1. The second-order valence-corrected chi connectivity index (χ2v) is 2.61. The lowest BCUT2D eigenvalue weighted by Crippen LogP contribution is -1.99. The van der Waals surface area contributed by atoms with Gasteiger partial charge in [-0.3, -0.25) is 0 Å². The molecule has 2 rings (SSSR count). The molecule has 0 radical (unpaired) electrons. The van der Waals surface area contributed by atoms with E-state index < -0.39 is 0 Å². The van der Waals surface area contributed by atoms with Crippen molar-refractivity contribution in [2.24, 2.45) is 5.73 Å². The SMILES string of the molecule is NCc1ccccc1Oc1nn[nH]n1. The van der Waals surface area contributed by atoms with E-state index >= 15 is 0 Å². The van der Waals surface area contributed by atoms with Gasteiger partial charge in [0.25, 0.3) is 0 Å². The van der Waals surface area contributed by atoms with Gasteiger partial charge in [0.15, 0.2) is 0 Å². The summed E-state index contributed by atoms with van der Waals surface area (Å²) in [5.41, 5.74) is 6.44. The molecule has 72 valence electrons. The highest BCUT2D eigenvalue weighted by molar-refractivity contribution is 5.34. The van der Waals surface area contributed by atoms with Gasteiger partial charge in [-0.2, -0.15) is 5.21 Å². The molecule has 0 aliphatic carbocycles. The third-order valence-electron chi connectivity index (χ3n) is 1.72. The Morgan fingerprint density at radius 3 is 2.93 bits per heavy atom. The molecule has 0 aliphatic rings. The second kappa shape index (κ2) is 3.84. The van der Waals surface area contributed by atoms with Crippen molar-refractivity contribution in [1.29, 1.82) is 0 Å². The number of benzene rings is 1. The summed E-state index contributed by atoms with van der Waals surface area (Å²) < 4.78 is 5.34. The van der Waals surface area contributed by atoms with E-state index in [-0.39, 0.29) is 6.01 Å². The predicted octanol–water partition coefficient (Wildman–Crippen LogP) is 0.451. The number of aromatic amines is 1. The molecule has 0 amide bonds. The summed E-state index contributed by atoms with van der Waals surface area (Å²) in [7, 11) is 0. The quantitative estimate of drug-likeness (QED) is 0.735. The van der Waals surface area contributed by atoms with Gasteiger partial charge in [-0.25, -0.2) is 0 Å². The fourth-order valence-electron chi connectivity index (χ4n) is 1.07. The standard InChI is InChI=1S/C8H9N5O/c9-5-6-3-1-2-4-7(6)14-8-10-12-13-11-8/h1-4H,5,9H2,(H,10,11,12,13). The number of rotatable bonds is 3. The van der Waals surface area contributed by atoms with Crippen LogP contribution in [0.4, 0.5) is 0 Å². The van der Waals surface area contributed by atoms with Crippen LogP contribution in [0.1, 0.15) is 5.56 Å². The van der Waals surface area contributed by atoms with Crippen LogP contribution in [-0.4, -0.2) is 20.6 Å². The van der Waals surface area contributed by atoms with Crippen LogP contribution >= 0.6 is 0 Å². The van der Waals surface area contributed by atoms with Gasteiger partial charge in [-0.1, -0.05) is 28.4 Å². The zero-order chi connectivity index (χ0) is 9.80. The Kier molecular flexibility index (Phi) is 2.37. The molecule has 0 saturated carbocycles. The molecule has 1 aromatic carbocycles. The number of nitrogens with two attached hydrogens (primary N) is 1. The van der Waals surface area contributed by atoms with Gasteiger partial charge in [0, 0.05) is 12.1 Å². The van der Waals surface area contributed by atoms with E-state index in [0.717, 1.165) is 5.56 Å². The van der Waals surface area contributed by atoms with Gasteiger partial charge in [0.05, 0.1) is 0 Å². The lowest BCUT2D eigenvalue weighted by Gasteiger charge is -2.04. The normalized spacial score (nSPS) is 10.1. The minimum absolute atomic E-state index is 0.186. The minimum atomic E-state index is 0.186. The summed E-state index contributed by atoms with van der Waals surface area (Å²) in [6.45, 7) is 0.411. The van der Waals surface area contributed by atoms with Crippen LogP contribution in [0.3, 0.4) is 0 Å². The minimum Gasteiger partial charge on any atom is -0.422 e.